The molecule has 0 amide bonds. The van der Waals surface area contributed by atoms with Crippen LogP contribution >= 0.6 is 0 Å². The summed E-state index contributed by atoms with van der Waals surface area (Å²) < 4.78 is 48.1. The molecule has 1 saturated heterocycles. The molecular formula is C21H31F3O2. The van der Waals surface area contributed by atoms with E-state index in [1.807, 2.05) is 12.1 Å². The Labute approximate surface area is 155 Å². The lowest BCUT2D eigenvalue weighted by molar-refractivity contribution is -0.211. The van der Waals surface area contributed by atoms with Crippen molar-refractivity contribution in [3.63, 3.8) is 0 Å². The molecule has 0 unspecified atom stereocenters. The minimum absolute atomic E-state index is 0.0629. The molecule has 0 N–H and O–H groups in total. The van der Waals surface area contributed by atoms with E-state index in [1.54, 1.807) is 0 Å². The van der Waals surface area contributed by atoms with Gasteiger partial charge in [-0.05, 0) is 24.8 Å². The van der Waals surface area contributed by atoms with Gasteiger partial charge in [-0.15, -0.1) is 0 Å². The summed E-state index contributed by atoms with van der Waals surface area (Å²) in [4.78, 5) is 0. The van der Waals surface area contributed by atoms with Gasteiger partial charge in [0.2, 0.25) is 0 Å². The van der Waals surface area contributed by atoms with Crippen LogP contribution in [0.4, 0.5) is 13.2 Å². The Morgan fingerprint density at radius 1 is 0.923 bits per heavy atom. The van der Waals surface area contributed by atoms with Gasteiger partial charge in [0.25, 0.3) is 0 Å². The van der Waals surface area contributed by atoms with Crippen LogP contribution in [0.3, 0.4) is 0 Å². The van der Waals surface area contributed by atoms with Gasteiger partial charge in [-0.1, -0.05) is 63.3 Å². The minimum atomic E-state index is -4.11. The average Bonchev–Trinajstić information content (AvgIpc) is 2.63. The first-order valence-corrected chi connectivity index (χ1v) is 9.86. The van der Waals surface area contributed by atoms with Crippen LogP contribution in [0.15, 0.2) is 24.3 Å². The second-order valence-electron chi connectivity index (χ2n) is 7.28. The van der Waals surface area contributed by atoms with Gasteiger partial charge < -0.3 is 9.47 Å². The number of hydrogen-bond acceptors (Lipinski definition) is 2. The number of aryl methyl sites for hydroxylation is 1. The fourth-order valence-corrected chi connectivity index (χ4v) is 3.22. The van der Waals surface area contributed by atoms with Crippen molar-refractivity contribution in [2.75, 3.05) is 13.2 Å². The van der Waals surface area contributed by atoms with Crippen molar-refractivity contribution < 1.29 is 22.6 Å². The largest absolute Gasteiger partial charge is 0.389 e. The topological polar surface area (TPSA) is 18.5 Å². The number of hydrogen-bond donors (Lipinski definition) is 0. The normalized spacial score (nSPS) is 21.1. The van der Waals surface area contributed by atoms with E-state index in [2.05, 4.69) is 19.1 Å². The van der Waals surface area contributed by atoms with Crippen molar-refractivity contribution in [2.24, 2.45) is 5.92 Å². The lowest BCUT2D eigenvalue weighted by Gasteiger charge is -2.30. The van der Waals surface area contributed by atoms with Crippen LogP contribution in [-0.2, 0) is 15.9 Å². The van der Waals surface area contributed by atoms with E-state index in [4.69, 9.17) is 9.47 Å². The summed E-state index contributed by atoms with van der Waals surface area (Å²) >= 11 is 0. The molecule has 0 spiro atoms. The molecule has 2 nitrogen and oxygen atoms in total. The van der Waals surface area contributed by atoms with Gasteiger partial charge in [0.1, 0.15) is 0 Å². The molecule has 0 bridgehead atoms. The van der Waals surface area contributed by atoms with Crippen LogP contribution in [0, 0.1) is 5.92 Å². The fourth-order valence-electron chi connectivity index (χ4n) is 3.22. The Kier molecular flexibility index (Phi) is 8.93. The van der Waals surface area contributed by atoms with Crippen LogP contribution in [0.1, 0.15) is 75.7 Å². The molecule has 5 heteroatoms. The number of alkyl halides is 3. The third-order valence-corrected chi connectivity index (χ3v) is 4.87. The average molecular weight is 372 g/mol. The van der Waals surface area contributed by atoms with Crippen molar-refractivity contribution >= 4 is 0 Å². The highest BCUT2D eigenvalue weighted by Crippen LogP contribution is 2.30. The van der Waals surface area contributed by atoms with Gasteiger partial charge in [-0.3, -0.25) is 0 Å². The molecule has 148 valence electrons. The summed E-state index contributed by atoms with van der Waals surface area (Å²) in [6.07, 6.45) is 3.52. The predicted octanol–water partition coefficient (Wildman–Crippen LogP) is 6.59. The first kappa shape index (κ1) is 21.2. The number of rotatable bonds is 10. The third kappa shape index (κ3) is 8.09. The summed E-state index contributed by atoms with van der Waals surface area (Å²) in [6.45, 7) is 2.87. The zero-order chi connectivity index (χ0) is 18.8. The molecule has 1 fully saturated rings. The SMILES string of the molecule is CCCCCCCCc1ccc([C@H]2OC[C@H](CCC(F)(F)F)CO2)cc1. The highest BCUT2D eigenvalue weighted by Gasteiger charge is 2.30. The zero-order valence-electron chi connectivity index (χ0n) is 15.7. The molecule has 1 aliphatic rings. The smallest absolute Gasteiger partial charge is 0.348 e. The number of ether oxygens (including phenoxy) is 2. The van der Waals surface area contributed by atoms with Gasteiger partial charge in [0.15, 0.2) is 6.29 Å². The molecular weight excluding hydrogens is 341 g/mol. The molecule has 0 radical (unpaired) electrons. The summed E-state index contributed by atoms with van der Waals surface area (Å²) in [7, 11) is 0. The quantitative estimate of drug-likeness (QED) is 0.431. The van der Waals surface area contributed by atoms with Crippen LogP contribution in [0.2, 0.25) is 0 Å². The van der Waals surface area contributed by atoms with Crippen molar-refractivity contribution in [3.8, 4) is 0 Å². The Morgan fingerprint density at radius 2 is 1.54 bits per heavy atom. The maximum absolute atomic E-state index is 12.3. The van der Waals surface area contributed by atoms with E-state index >= 15 is 0 Å². The Hall–Kier alpha value is -1.07. The van der Waals surface area contributed by atoms with Crippen LogP contribution in [0.25, 0.3) is 0 Å². The van der Waals surface area contributed by atoms with E-state index in [0.29, 0.717) is 13.2 Å². The highest BCUT2D eigenvalue weighted by atomic mass is 19.4. The Balaban J connectivity index is 1.67. The number of halogens is 3. The van der Waals surface area contributed by atoms with Crippen molar-refractivity contribution in [1.82, 2.24) is 0 Å². The Bertz CT molecular complexity index is 491. The summed E-state index contributed by atoms with van der Waals surface area (Å²) in [5, 5.41) is 0. The van der Waals surface area contributed by atoms with Crippen molar-refractivity contribution in [2.45, 2.75) is 77.2 Å². The minimum Gasteiger partial charge on any atom is -0.348 e. The van der Waals surface area contributed by atoms with Gasteiger partial charge in [0, 0.05) is 17.9 Å². The molecule has 0 aliphatic carbocycles. The molecule has 1 aliphatic heterocycles. The lowest BCUT2D eigenvalue weighted by atomic mass is 10.0. The number of unbranched alkanes of at least 4 members (excludes halogenated alkanes) is 5. The zero-order valence-corrected chi connectivity index (χ0v) is 15.7. The highest BCUT2D eigenvalue weighted by molar-refractivity contribution is 5.23. The van der Waals surface area contributed by atoms with E-state index in [1.165, 1.54) is 44.1 Å². The lowest BCUT2D eigenvalue weighted by Crippen LogP contribution is -2.28. The first-order valence-electron chi connectivity index (χ1n) is 9.86. The first-order chi connectivity index (χ1) is 12.5. The van der Waals surface area contributed by atoms with Gasteiger partial charge in [-0.25, -0.2) is 0 Å². The second-order valence-corrected chi connectivity index (χ2v) is 7.28. The standard InChI is InChI=1S/C21H31F3O2/c1-2-3-4-5-6-7-8-17-9-11-19(12-10-17)20-25-15-18(16-26-20)13-14-21(22,23)24/h9-12,18,20H,2-8,13-16H2,1H3/t18-,20-. The van der Waals surface area contributed by atoms with Gasteiger partial charge in [0.05, 0.1) is 13.2 Å². The van der Waals surface area contributed by atoms with E-state index in [0.717, 1.165) is 12.0 Å². The van der Waals surface area contributed by atoms with Crippen LogP contribution < -0.4 is 0 Å². The molecule has 1 heterocycles. The number of benzene rings is 1. The Morgan fingerprint density at radius 3 is 2.15 bits per heavy atom. The van der Waals surface area contributed by atoms with E-state index in [9.17, 15) is 13.2 Å². The second kappa shape index (κ2) is 10.9. The van der Waals surface area contributed by atoms with E-state index in [-0.39, 0.29) is 12.3 Å². The molecule has 0 atom stereocenters. The van der Waals surface area contributed by atoms with Crippen LogP contribution in [-0.4, -0.2) is 19.4 Å². The molecule has 0 saturated carbocycles. The van der Waals surface area contributed by atoms with Gasteiger partial charge >= 0.3 is 6.18 Å². The predicted molar refractivity (Wildman–Crippen MR) is 96.9 cm³/mol. The molecule has 1 aromatic carbocycles. The van der Waals surface area contributed by atoms with Gasteiger partial charge in [-0.2, -0.15) is 13.2 Å². The summed E-state index contributed by atoms with van der Waals surface area (Å²) in [5.41, 5.74) is 2.24. The third-order valence-electron chi connectivity index (χ3n) is 4.87. The van der Waals surface area contributed by atoms with Crippen LogP contribution in [0.5, 0.6) is 0 Å². The monoisotopic (exact) mass is 372 g/mol. The maximum atomic E-state index is 12.3. The van der Waals surface area contributed by atoms with Crippen molar-refractivity contribution in [1.29, 1.82) is 0 Å². The molecule has 0 aromatic heterocycles. The fraction of sp³-hybridized carbons (Fsp3) is 0.714. The molecule has 26 heavy (non-hydrogen) atoms. The summed E-state index contributed by atoms with van der Waals surface area (Å²) in [6, 6.07) is 8.22. The van der Waals surface area contributed by atoms with E-state index < -0.39 is 18.9 Å². The molecule has 2 rings (SSSR count). The van der Waals surface area contributed by atoms with Crippen molar-refractivity contribution in [3.05, 3.63) is 35.4 Å². The summed E-state index contributed by atoms with van der Waals surface area (Å²) in [5.74, 6) is -0.181. The maximum Gasteiger partial charge on any atom is 0.389 e. The molecule has 1 aromatic rings.